The van der Waals surface area contributed by atoms with E-state index in [1.165, 1.54) is 12.1 Å². The molecule has 0 aromatic heterocycles. The maximum absolute atomic E-state index is 13.4. The van der Waals surface area contributed by atoms with Crippen LogP contribution in [0.25, 0.3) is 0 Å². The molecular formula is C19H15BrF3N. The van der Waals surface area contributed by atoms with Crippen molar-refractivity contribution in [1.29, 1.82) is 0 Å². The second kappa shape index (κ2) is 5.66. The molecule has 0 spiro atoms. The molecule has 0 bridgehead atoms. The Morgan fingerprint density at radius 3 is 2.62 bits per heavy atom. The molecular weight excluding hydrogens is 379 g/mol. The van der Waals surface area contributed by atoms with Gasteiger partial charge in [0.2, 0.25) is 0 Å². The highest BCUT2D eigenvalue weighted by Gasteiger charge is 2.42. The molecule has 0 saturated heterocycles. The summed E-state index contributed by atoms with van der Waals surface area (Å²) < 4.78 is 41.3. The van der Waals surface area contributed by atoms with E-state index in [1.54, 1.807) is 12.1 Å². The second-order valence-corrected chi connectivity index (χ2v) is 7.21. The molecule has 2 aromatic rings. The lowest BCUT2D eigenvalue weighted by atomic mass is 9.76. The number of benzene rings is 2. The Morgan fingerprint density at radius 2 is 1.83 bits per heavy atom. The minimum atomic E-state index is -4.35. The Morgan fingerprint density at radius 1 is 1.04 bits per heavy atom. The van der Waals surface area contributed by atoms with Gasteiger partial charge >= 0.3 is 6.18 Å². The van der Waals surface area contributed by atoms with Gasteiger partial charge in [0.15, 0.2) is 0 Å². The zero-order valence-electron chi connectivity index (χ0n) is 12.6. The van der Waals surface area contributed by atoms with E-state index in [0.29, 0.717) is 5.56 Å². The smallest absolute Gasteiger partial charge is 0.378 e. The zero-order chi connectivity index (χ0) is 16.9. The Balaban J connectivity index is 1.83. The number of rotatable bonds is 1. The van der Waals surface area contributed by atoms with Gasteiger partial charge in [-0.15, -0.1) is 0 Å². The highest BCUT2D eigenvalue weighted by molar-refractivity contribution is 9.10. The predicted molar refractivity (Wildman–Crippen MR) is 91.9 cm³/mol. The summed E-state index contributed by atoms with van der Waals surface area (Å²) in [4.78, 5) is 0. The zero-order valence-corrected chi connectivity index (χ0v) is 14.2. The fraction of sp³-hybridized carbons (Fsp3) is 0.263. The molecule has 3 atom stereocenters. The van der Waals surface area contributed by atoms with Crippen molar-refractivity contribution < 1.29 is 13.2 Å². The quantitative estimate of drug-likeness (QED) is 0.561. The number of allylic oxidation sites excluding steroid dienone is 2. The molecule has 124 valence electrons. The molecule has 0 unspecified atom stereocenters. The first-order chi connectivity index (χ1) is 11.4. The van der Waals surface area contributed by atoms with Crippen molar-refractivity contribution in [2.75, 3.05) is 5.32 Å². The molecule has 0 fully saturated rings. The molecule has 1 nitrogen and oxygen atoms in total. The highest BCUT2D eigenvalue weighted by atomic mass is 79.9. The minimum Gasteiger partial charge on any atom is -0.378 e. The molecule has 1 aliphatic heterocycles. The molecule has 2 aliphatic rings. The van der Waals surface area contributed by atoms with Crippen LogP contribution < -0.4 is 5.32 Å². The van der Waals surface area contributed by atoms with Crippen molar-refractivity contribution in [2.45, 2.75) is 24.6 Å². The van der Waals surface area contributed by atoms with Crippen LogP contribution in [0.2, 0.25) is 0 Å². The first-order valence-corrected chi connectivity index (χ1v) is 8.63. The maximum atomic E-state index is 13.4. The fourth-order valence-electron chi connectivity index (χ4n) is 3.90. The predicted octanol–water partition coefficient (Wildman–Crippen LogP) is 6.29. The molecule has 0 saturated carbocycles. The van der Waals surface area contributed by atoms with Crippen LogP contribution in [0.15, 0.2) is 59.1 Å². The van der Waals surface area contributed by atoms with Crippen molar-refractivity contribution in [3.8, 4) is 0 Å². The summed E-state index contributed by atoms with van der Waals surface area (Å²) in [6.45, 7) is 0. The summed E-state index contributed by atoms with van der Waals surface area (Å²) in [6, 6.07) is 11.5. The molecule has 0 amide bonds. The lowest BCUT2D eigenvalue weighted by molar-refractivity contribution is -0.138. The Kier molecular flexibility index (Phi) is 3.71. The van der Waals surface area contributed by atoms with Gasteiger partial charge in [0.1, 0.15) is 0 Å². The SMILES string of the molecule is FC(F)(F)c1ccccc1[C@@H]1Nc2ccc(Br)cc2[C@H]2C=CC[C@@H]21. The van der Waals surface area contributed by atoms with Gasteiger partial charge in [-0.2, -0.15) is 13.2 Å². The summed E-state index contributed by atoms with van der Waals surface area (Å²) in [7, 11) is 0. The second-order valence-electron chi connectivity index (χ2n) is 6.29. The lowest BCUT2D eigenvalue weighted by Gasteiger charge is -2.38. The van der Waals surface area contributed by atoms with Gasteiger partial charge in [0.25, 0.3) is 0 Å². The largest absolute Gasteiger partial charge is 0.416 e. The van der Waals surface area contributed by atoms with Gasteiger partial charge in [-0.05, 0) is 47.7 Å². The summed E-state index contributed by atoms with van der Waals surface area (Å²) in [6.07, 6.45) is 0.635. The van der Waals surface area contributed by atoms with E-state index in [1.807, 2.05) is 12.1 Å². The van der Waals surface area contributed by atoms with Crippen molar-refractivity contribution in [1.82, 2.24) is 0 Å². The molecule has 24 heavy (non-hydrogen) atoms. The molecule has 0 radical (unpaired) electrons. The van der Waals surface area contributed by atoms with Gasteiger partial charge in [0.05, 0.1) is 11.6 Å². The summed E-state index contributed by atoms with van der Waals surface area (Å²) in [5, 5.41) is 3.36. The first kappa shape index (κ1) is 15.8. The summed E-state index contributed by atoms with van der Waals surface area (Å²) in [5.41, 5.74) is 1.84. The molecule has 5 heteroatoms. The van der Waals surface area contributed by atoms with Crippen LogP contribution in [0.1, 0.15) is 35.1 Å². The van der Waals surface area contributed by atoms with Crippen LogP contribution >= 0.6 is 15.9 Å². The highest BCUT2D eigenvalue weighted by Crippen LogP contribution is 2.51. The third-order valence-corrected chi connectivity index (χ3v) is 5.42. The van der Waals surface area contributed by atoms with Crippen molar-refractivity contribution in [2.24, 2.45) is 5.92 Å². The number of hydrogen-bond acceptors (Lipinski definition) is 1. The summed E-state index contributed by atoms with van der Waals surface area (Å²) in [5.74, 6) is 0.236. The van der Waals surface area contributed by atoms with Crippen LogP contribution in [0.5, 0.6) is 0 Å². The van der Waals surface area contributed by atoms with E-state index in [-0.39, 0.29) is 17.9 Å². The normalized spacial score (nSPS) is 25.1. The van der Waals surface area contributed by atoms with Crippen LogP contribution in [0, 0.1) is 5.92 Å². The Hall–Kier alpha value is -1.75. The van der Waals surface area contributed by atoms with E-state index < -0.39 is 11.7 Å². The number of alkyl halides is 3. The topological polar surface area (TPSA) is 12.0 Å². The van der Waals surface area contributed by atoms with Gasteiger partial charge < -0.3 is 5.32 Å². The average Bonchev–Trinajstić information content (AvgIpc) is 3.03. The van der Waals surface area contributed by atoms with E-state index in [4.69, 9.17) is 0 Å². The van der Waals surface area contributed by atoms with Crippen molar-refractivity contribution >= 4 is 21.6 Å². The molecule has 1 heterocycles. The van der Waals surface area contributed by atoms with Gasteiger partial charge in [0, 0.05) is 16.1 Å². The molecule has 4 rings (SSSR count). The number of fused-ring (bicyclic) bond motifs is 3. The third kappa shape index (κ3) is 2.55. The lowest BCUT2D eigenvalue weighted by Crippen LogP contribution is -2.30. The van der Waals surface area contributed by atoms with Crippen LogP contribution in [-0.2, 0) is 6.18 Å². The van der Waals surface area contributed by atoms with Gasteiger partial charge in [-0.1, -0.05) is 46.3 Å². The monoisotopic (exact) mass is 393 g/mol. The number of hydrogen-bond donors (Lipinski definition) is 1. The average molecular weight is 394 g/mol. The van der Waals surface area contributed by atoms with Crippen LogP contribution in [-0.4, -0.2) is 0 Å². The van der Waals surface area contributed by atoms with Crippen molar-refractivity contribution in [3.05, 3.63) is 75.8 Å². The molecule has 1 aliphatic carbocycles. The fourth-order valence-corrected chi connectivity index (χ4v) is 4.28. The Labute approximate surface area is 146 Å². The Bertz CT molecular complexity index is 812. The minimum absolute atomic E-state index is 0.0929. The van der Waals surface area contributed by atoms with E-state index in [2.05, 4.69) is 39.5 Å². The third-order valence-electron chi connectivity index (χ3n) is 4.93. The van der Waals surface area contributed by atoms with Crippen molar-refractivity contribution in [3.63, 3.8) is 0 Å². The number of nitrogens with one attached hydrogen (secondary N) is 1. The number of halogens is 4. The molecule has 2 aromatic carbocycles. The van der Waals surface area contributed by atoms with Crippen LogP contribution in [0.3, 0.4) is 0 Å². The van der Waals surface area contributed by atoms with Gasteiger partial charge in [-0.25, -0.2) is 0 Å². The van der Waals surface area contributed by atoms with Gasteiger partial charge in [-0.3, -0.25) is 0 Å². The summed E-state index contributed by atoms with van der Waals surface area (Å²) >= 11 is 3.48. The molecule has 1 N–H and O–H groups in total. The van der Waals surface area contributed by atoms with E-state index in [9.17, 15) is 13.2 Å². The van der Waals surface area contributed by atoms with E-state index in [0.717, 1.165) is 22.1 Å². The number of anilines is 1. The maximum Gasteiger partial charge on any atom is 0.416 e. The van der Waals surface area contributed by atoms with E-state index >= 15 is 0 Å². The standard InChI is InChI=1S/C19H15BrF3N/c20-11-8-9-17-15(10-11)12-5-3-6-13(12)18(24-17)14-4-1-2-7-16(14)19(21,22)23/h1-5,7-10,12-13,18,24H,6H2/t12-,13-,18+/m0/s1. The first-order valence-electron chi connectivity index (χ1n) is 7.84. The van der Waals surface area contributed by atoms with Crippen LogP contribution in [0.4, 0.5) is 18.9 Å².